The van der Waals surface area contributed by atoms with Crippen LogP contribution in [0.4, 0.5) is 5.69 Å². The molecule has 1 atom stereocenters. The molecule has 5 rings (SSSR count). The molecular weight excluding hydrogens is 266 g/mol. The van der Waals surface area contributed by atoms with Gasteiger partial charge in [-0.3, -0.25) is 4.79 Å². The van der Waals surface area contributed by atoms with Crippen LogP contribution in [0, 0.1) is 0 Å². The Bertz CT molecular complexity index is 799. The van der Waals surface area contributed by atoms with Crippen LogP contribution < -0.4 is 14.8 Å². The summed E-state index contributed by atoms with van der Waals surface area (Å²) in [5.41, 5.74) is 3.22. The SMILES string of the molecule is O=C1Nc2ccccc2C12COc1cc3c(cc12)OCC3. The highest BCUT2D eigenvalue weighted by Gasteiger charge is 2.54. The largest absolute Gasteiger partial charge is 0.493 e. The van der Waals surface area contributed by atoms with E-state index in [9.17, 15) is 4.79 Å². The molecule has 1 spiro atoms. The summed E-state index contributed by atoms with van der Waals surface area (Å²) >= 11 is 0. The van der Waals surface area contributed by atoms with Crippen molar-refractivity contribution in [3.8, 4) is 11.5 Å². The van der Waals surface area contributed by atoms with Crippen LogP contribution in [0.1, 0.15) is 16.7 Å². The molecule has 4 nitrogen and oxygen atoms in total. The zero-order valence-corrected chi connectivity index (χ0v) is 11.3. The maximum absolute atomic E-state index is 12.7. The predicted molar refractivity (Wildman–Crippen MR) is 77.0 cm³/mol. The average Bonchev–Trinajstić information content (AvgIpc) is 3.16. The van der Waals surface area contributed by atoms with Crippen molar-refractivity contribution >= 4 is 11.6 Å². The number of hydrogen-bond donors (Lipinski definition) is 1. The van der Waals surface area contributed by atoms with Gasteiger partial charge in [-0.1, -0.05) is 18.2 Å². The van der Waals surface area contributed by atoms with E-state index in [2.05, 4.69) is 5.32 Å². The summed E-state index contributed by atoms with van der Waals surface area (Å²) in [6.45, 7) is 1.06. The summed E-state index contributed by atoms with van der Waals surface area (Å²) in [4.78, 5) is 12.7. The molecule has 0 fully saturated rings. The lowest BCUT2D eigenvalue weighted by Gasteiger charge is -2.20. The third-order valence-corrected chi connectivity index (χ3v) is 4.72. The number of benzene rings is 2. The standard InChI is InChI=1S/C17H13NO3/c19-16-17(11-3-1-2-4-13(11)18-16)9-21-15-7-10-5-6-20-14(10)8-12(15)17/h1-4,7-8H,5-6,9H2,(H,18,19). The van der Waals surface area contributed by atoms with Crippen LogP contribution in [-0.4, -0.2) is 19.1 Å². The molecule has 3 heterocycles. The second-order valence-corrected chi connectivity index (χ2v) is 5.75. The second kappa shape index (κ2) is 3.58. The van der Waals surface area contributed by atoms with Gasteiger partial charge >= 0.3 is 0 Å². The number of amides is 1. The van der Waals surface area contributed by atoms with Gasteiger partial charge in [-0.15, -0.1) is 0 Å². The Hall–Kier alpha value is -2.49. The summed E-state index contributed by atoms with van der Waals surface area (Å²) in [6.07, 6.45) is 0.905. The Morgan fingerprint density at radius 2 is 1.95 bits per heavy atom. The molecule has 1 amide bonds. The van der Waals surface area contributed by atoms with Crippen molar-refractivity contribution in [3.63, 3.8) is 0 Å². The minimum atomic E-state index is -0.729. The molecule has 3 aliphatic rings. The van der Waals surface area contributed by atoms with Gasteiger partial charge in [0, 0.05) is 23.2 Å². The fourth-order valence-corrected chi connectivity index (χ4v) is 3.65. The number of hydrogen-bond acceptors (Lipinski definition) is 3. The van der Waals surface area contributed by atoms with Gasteiger partial charge in [0.15, 0.2) is 0 Å². The van der Waals surface area contributed by atoms with E-state index in [0.717, 1.165) is 40.3 Å². The van der Waals surface area contributed by atoms with Crippen LogP contribution in [0.5, 0.6) is 11.5 Å². The molecule has 0 aromatic heterocycles. The van der Waals surface area contributed by atoms with Crippen molar-refractivity contribution in [2.24, 2.45) is 0 Å². The van der Waals surface area contributed by atoms with E-state index in [1.807, 2.05) is 36.4 Å². The maximum atomic E-state index is 12.7. The van der Waals surface area contributed by atoms with Crippen molar-refractivity contribution in [2.75, 3.05) is 18.5 Å². The number of para-hydroxylation sites is 1. The topological polar surface area (TPSA) is 47.6 Å². The van der Waals surface area contributed by atoms with Crippen LogP contribution in [0.3, 0.4) is 0 Å². The van der Waals surface area contributed by atoms with Gasteiger partial charge < -0.3 is 14.8 Å². The van der Waals surface area contributed by atoms with E-state index in [-0.39, 0.29) is 5.91 Å². The first-order chi connectivity index (χ1) is 10.3. The summed E-state index contributed by atoms with van der Waals surface area (Å²) in [5, 5.41) is 2.98. The summed E-state index contributed by atoms with van der Waals surface area (Å²) in [5.74, 6) is 1.68. The summed E-state index contributed by atoms with van der Waals surface area (Å²) < 4.78 is 11.5. The van der Waals surface area contributed by atoms with E-state index in [4.69, 9.17) is 9.47 Å². The van der Waals surface area contributed by atoms with E-state index < -0.39 is 5.41 Å². The van der Waals surface area contributed by atoms with Crippen molar-refractivity contribution < 1.29 is 14.3 Å². The van der Waals surface area contributed by atoms with Crippen molar-refractivity contribution in [3.05, 3.63) is 53.1 Å². The van der Waals surface area contributed by atoms with Crippen LogP contribution in [0.2, 0.25) is 0 Å². The lowest BCUT2D eigenvalue weighted by Crippen LogP contribution is -2.37. The third kappa shape index (κ3) is 1.23. The molecule has 0 aliphatic carbocycles. The Labute approximate surface area is 121 Å². The van der Waals surface area contributed by atoms with E-state index >= 15 is 0 Å². The molecule has 2 aromatic carbocycles. The molecule has 0 bridgehead atoms. The molecule has 2 aromatic rings. The average molecular weight is 279 g/mol. The normalized spacial score (nSPS) is 24.1. The Morgan fingerprint density at radius 3 is 2.90 bits per heavy atom. The first kappa shape index (κ1) is 11.2. The number of anilines is 1. The molecule has 3 aliphatic heterocycles. The molecule has 1 unspecified atom stereocenters. The van der Waals surface area contributed by atoms with E-state index in [1.165, 1.54) is 0 Å². The second-order valence-electron chi connectivity index (χ2n) is 5.75. The minimum absolute atomic E-state index is 0.0135. The molecule has 0 saturated carbocycles. The van der Waals surface area contributed by atoms with Crippen LogP contribution >= 0.6 is 0 Å². The van der Waals surface area contributed by atoms with Crippen LogP contribution in [0.15, 0.2) is 36.4 Å². The molecule has 21 heavy (non-hydrogen) atoms. The van der Waals surface area contributed by atoms with Gasteiger partial charge in [-0.25, -0.2) is 0 Å². The lowest BCUT2D eigenvalue weighted by atomic mass is 9.77. The molecule has 104 valence electrons. The molecular formula is C17H13NO3. The number of nitrogens with one attached hydrogen (secondary N) is 1. The fraction of sp³-hybridized carbons (Fsp3) is 0.235. The molecule has 0 saturated heterocycles. The highest BCUT2D eigenvalue weighted by Crippen LogP contribution is 2.51. The van der Waals surface area contributed by atoms with E-state index in [1.54, 1.807) is 0 Å². The van der Waals surface area contributed by atoms with Gasteiger partial charge in [0.1, 0.15) is 23.5 Å². The number of fused-ring (bicyclic) bond motifs is 5. The zero-order chi connectivity index (χ0) is 14.0. The Morgan fingerprint density at radius 1 is 1.05 bits per heavy atom. The van der Waals surface area contributed by atoms with Crippen molar-refractivity contribution in [1.82, 2.24) is 0 Å². The first-order valence-corrected chi connectivity index (χ1v) is 7.13. The highest BCUT2D eigenvalue weighted by molar-refractivity contribution is 6.09. The van der Waals surface area contributed by atoms with Gasteiger partial charge in [-0.2, -0.15) is 0 Å². The van der Waals surface area contributed by atoms with Crippen molar-refractivity contribution in [2.45, 2.75) is 11.8 Å². The van der Waals surface area contributed by atoms with Gasteiger partial charge in [0.2, 0.25) is 5.91 Å². The smallest absolute Gasteiger partial charge is 0.243 e. The number of ether oxygens (including phenoxy) is 2. The third-order valence-electron chi connectivity index (χ3n) is 4.72. The van der Waals surface area contributed by atoms with Crippen LogP contribution in [0.25, 0.3) is 0 Å². The predicted octanol–water partition coefficient (Wildman–Crippen LogP) is 2.25. The number of carbonyl (C=O) groups excluding carboxylic acids is 1. The van der Waals surface area contributed by atoms with Gasteiger partial charge in [0.25, 0.3) is 0 Å². The Kier molecular flexibility index (Phi) is 1.91. The molecule has 0 radical (unpaired) electrons. The molecule has 4 heteroatoms. The monoisotopic (exact) mass is 279 g/mol. The Balaban J connectivity index is 1.79. The summed E-state index contributed by atoms with van der Waals surface area (Å²) in [6, 6.07) is 11.8. The van der Waals surface area contributed by atoms with E-state index in [0.29, 0.717) is 13.2 Å². The maximum Gasteiger partial charge on any atom is 0.243 e. The highest BCUT2D eigenvalue weighted by atomic mass is 16.5. The first-order valence-electron chi connectivity index (χ1n) is 7.13. The zero-order valence-electron chi connectivity index (χ0n) is 11.3. The quantitative estimate of drug-likeness (QED) is 0.804. The number of carbonyl (C=O) groups is 1. The van der Waals surface area contributed by atoms with Crippen molar-refractivity contribution in [1.29, 1.82) is 0 Å². The molecule has 1 N–H and O–H groups in total. The van der Waals surface area contributed by atoms with Gasteiger partial charge in [-0.05, 0) is 23.8 Å². The minimum Gasteiger partial charge on any atom is -0.493 e. The summed E-state index contributed by atoms with van der Waals surface area (Å²) in [7, 11) is 0. The van der Waals surface area contributed by atoms with Crippen LogP contribution in [-0.2, 0) is 16.6 Å². The fourth-order valence-electron chi connectivity index (χ4n) is 3.65. The van der Waals surface area contributed by atoms with Gasteiger partial charge in [0.05, 0.1) is 6.61 Å². The number of rotatable bonds is 0. The lowest BCUT2D eigenvalue weighted by molar-refractivity contribution is -0.119.